The molecule has 1 N–H and O–H groups in total. The number of alkyl halides is 3. The smallest absolute Gasteiger partial charge is 0.379 e. The van der Waals surface area contributed by atoms with Crippen molar-refractivity contribution < 1.29 is 37.0 Å². The zero-order valence-corrected chi connectivity index (χ0v) is 39.4. The van der Waals surface area contributed by atoms with Gasteiger partial charge < -0.3 is 23.8 Å². The third-order valence-electron chi connectivity index (χ3n) is 15.0. The van der Waals surface area contributed by atoms with Gasteiger partial charge in [0.15, 0.2) is 0 Å². The molecule has 0 spiro atoms. The number of likely N-dealkylation sites (tertiary alicyclic amines) is 1. The Bertz CT molecular complexity index is 3060. The number of benzene rings is 3. The summed E-state index contributed by atoms with van der Waals surface area (Å²) in [5.74, 6) is -0.101. The molecule has 0 radical (unpaired) electrons. The van der Waals surface area contributed by atoms with Crippen molar-refractivity contribution >= 4 is 28.9 Å². The normalized spacial score (nSPS) is 20.9. The third kappa shape index (κ3) is 9.38. The van der Waals surface area contributed by atoms with Crippen molar-refractivity contribution in [1.29, 1.82) is 0 Å². The Kier molecular flexibility index (Phi) is 12.4. The Balaban J connectivity index is 0.684. The van der Waals surface area contributed by atoms with Crippen LogP contribution < -0.4 is 15.9 Å². The molecule has 8 heterocycles. The molecule has 5 aliphatic heterocycles. The van der Waals surface area contributed by atoms with Crippen LogP contribution in [0.15, 0.2) is 96.3 Å². The summed E-state index contributed by atoms with van der Waals surface area (Å²) in [6.45, 7) is 7.35. The van der Waals surface area contributed by atoms with Gasteiger partial charge >= 0.3 is 11.9 Å². The van der Waals surface area contributed by atoms with Crippen LogP contribution in [0, 0.1) is 0 Å². The van der Waals surface area contributed by atoms with Crippen LogP contribution >= 0.6 is 0 Å². The molecule has 3 amide bonds. The molecule has 0 aliphatic carbocycles. The number of piperidine rings is 2. The molecule has 3 aromatic carbocycles. The number of fused-ring (bicyclic) bond motifs is 2. The summed E-state index contributed by atoms with van der Waals surface area (Å²) < 4.78 is 60.5. The highest BCUT2D eigenvalue weighted by Crippen LogP contribution is 2.38. The predicted octanol–water partition coefficient (Wildman–Crippen LogP) is 5.01. The summed E-state index contributed by atoms with van der Waals surface area (Å²) in [7, 11) is 1.87. The van der Waals surface area contributed by atoms with E-state index >= 15 is 0 Å². The Hall–Kier alpha value is -6.67. The van der Waals surface area contributed by atoms with Gasteiger partial charge in [0, 0.05) is 101 Å². The minimum Gasteiger partial charge on any atom is -0.379 e. The number of carbonyl (C=O) groups excluding carboxylic acids is 3. The number of aryl methyl sites for hydroxylation is 1. The summed E-state index contributed by atoms with van der Waals surface area (Å²) in [4.78, 5) is 59.7. The molecule has 3 aromatic heterocycles. The summed E-state index contributed by atoms with van der Waals surface area (Å²) >= 11 is 0. The lowest BCUT2D eigenvalue weighted by Crippen LogP contribution is -2.52. The van der Waals surface area contributed by atoms with Crippen LogP contribution in [-0.2, 0) is 70.4 Å². The van der Waals surface area contributed by atoms with Crippen LogP contribution in [0.25, 0.3) is 11.2 Å². The molecule has 0 saturated carbocycles. The second-order valence-corrected chi connectivity index (χ2v) is 19.8. The van der Waals surface area contributed by atoms with E-state index in [-0.39, 0.29) is 36.4 Å². The number of anilines is 1. The molecule has 4 saturated heterocycles. The number of ether oxygens (including phenoxy) is 2. The number of carbonyl (C=O) groups is 3. The monoisotopic (exact) mass is 972 g/mol. The molecule has 16 nitrogen and oxygen atoms in total. The summed E-state index contributed by atoms with van der Waals surface area (Å²) in [6.07, 6.45) is 2.45. The van der Waals surface area contributed by atoms with Crippen molar-refractivity contribution in [3.05, 3.63) is 147 Å². The van der Waals surface area contributed by atoms with Crippen molar-refractivity contribution in [3.8, 4) is 5.69 Å². The van der Waals surface area contributed by atoms with Gasteiger partial charge in [0.2, 0.25) is 11.8 Å². The highest BCUT2D eigenvalue weighted by molar-refractivity contribution is 6.05. The van der Waals surface area contributed by atoms with E-state index in [1.54, 1.807) is 17.3 Å². The minimum absolute atomic E-state index is 0.102. The third-order valence-corrected chi connectivity index (χ3v) is 15.0. The molecule has 2 atom stereocenters. The van der Waals surface area contributed by atoms with Gasteiger partial charge in [-0.2, -0.15) is 13.2 Å². The van der Waals surface area contributed by atoms with Crippen molar-refractivity contribution in [1.82, 2.24) is 43.7 Å². The number of hydrogen-bond donors (Lipinski definition) is 1. The quantitative estimate of drug-likeness (QED) is 0.156. The number of aromatic nitrogens is 5. The van der Waals surface area contributed by atoms with E-state index in [2.05, 4.69) is 60.5 Å². The van der Waals surface area contributed by atoms with Crippen LogP contribution in [-0.4, -0.2) is 121 Å². The second-order valence-electron chi connectivity index (χ2n) is 19.8. The number of nitrogens with zero attached hydrogens (tertiary/aromatic N) is 9. The average Bonchev–Trinajstić information content (AvgIpc) is 4.02. The van der Waals surface area contributed by atoms with E-state index in [1.807, 2.05) is 41.9 Å². The number of amides is 3. The maximum Gasteiger partial charge on any atom is 0.418 e. The van der Waals surface area contributed by atoms with Crippen molar-refractivity contribution in [3.63, 3.8) is 0 Å². The van der Waals surface area contributed by atoms with E-state index in [9.17, 15) is 32.3 Å². The van der Waals surface area contributed by atoms with Crippen molar-refractivity contribution in [2.45, 2.75) is 82.1 Å². The van der Waals surface area contributed by atoms with Crippen LogP contribution in [0.4, 0.5) is 18.9 Å². The topological polar surface area (TPSA) is 152 Å². The largest absolute Gasteiger partial charge is 0.418 e. The van der Waals surface area contributed by atoms with Crippen molar-refractivity contribution in [2.24, 2.45) is 7.05 Å². The molecule has 370 valence electrons. The van der Waals surface area contributed by atoms with Gasteiger partial charge in [0.25, 0.3) is 5.91 Å². The lowest BCUT2D eigenvalue weighted by Gasteiger charge is -2.41. The number of imide groups is 1. The molecule has 0 bridgehead atoms. The maximum atomic E-state index is 14.7. The lowest BCUT2D eigenvalue weighted by atomic mass is 9.75. The highest BCUT2D eigenvalue weighted by Gasteiger charge is 2.43. The number of pyridine rings is 1. The average molecular weight is 973 g/mol. The number of piperazine rings is 1. The van der Waals surface area contributed by atoms with Gasteiger partial charge in [0.05, 0.1) is 42.7 Å². The molecule has 71 heavy (non-hydrogen) atoms. The lowest BCUT2D eigenvalue weighted by molar-refractivity contribution is -0.137. The predicted molar refractivity (Wildman–Crippen MR) is 255 cm³/mol. The minimum atomic E-state index is -4.69. The zero-order valence-electron chi connectivity index (χ0n) is 39.4. The fraction of sp³-hybridized carbons (Fsp3) is 0.423. The van der Waals surface area contributed by atoms with E-state index in [0.29, 0.717) is 69.1 Å². The van der Waals surface area contributed by atoms with Gasteiger partial charge in [-0.05, 0) is 90.0 Å². The fourth-order valence-corrected chi connectivity index (χ4v) is 10.9. The first kappa shape index (κ1) is 46.7. The molecule has 0 unspecified atom stereocenters. The molecule has 19 heteroatoms. The van der Waals surface area contributed by atoms with Gasteiger partial charge in [-0.3, -0.25) is 38.5 Å². The van der Waals surface area contributed by atoms with E-state index in [0.717, 1.165) is 78.2 Å². The molecule has 11 rings (SSSR count). The van der Waals surface area contributed by atoms with E-state index in [1.165, 1.54) is 28.6 Å². The summed E-state index contributed by atoms with van der Waals surface area (Å²) in [6, 6.07) is 22.2. The fourth-order valence-electron chi connectivity index (χ4n) is 10.9. The Labute approximate surface area is 407 Å². The van der Waals surface area contributed by atoms with E-state index in [4.69, 9.17) is 9.47 Å². The van der Waals surface area contributed by atoms with Gasteiger partial charge in [-0.15, -0.1) is 10.2 Å². The van der Waals surface area contributed by atoms with E-state index < -0.39 is 34.8 Å². The Morgan fingerprint density at radius 1 is 0.845 bits per heavy atom. The van der Waals surface area contributed by atoms with Crippen LogP contribution in [0.5, 0.6) is 0 Å². The van der Waals surface area contributed by atoms with Gasteiger partial charge in [-0.1, -0.05) is 36.4 Å². The summed E-state index contributed by atoms with van der Waals surface area (Å²) in [5, 5.41) is 10.6. The number of halogens is 3. The Morgan fingerprint density at radius 3 is 2.37 bits per heavy atom. The number of nitrogens with one attached hydrogen (secondary N) is 1. The standard InChI is InChI=1S/C52H55F3N10O6/c1-59-33-56-58-46(59)23-51(31-70-32-51)38-4-2-5-40(22-38)63-29-45-43(52(53,54)55)20-36(26-65(45)50(63)69)25-61-15-3-6-41(28-61)71-30-35-9-7-34(8-10-35)24-60-16-18-62(19-17-60)39-11-12-42-37(21-39)27-64(49(42)68)44-13-14-47(66)57-48(44)67/h2,4-5,7-12,20-22,26,29,33,41,44H,3,6,13-19,23-25,27-28,30-32H2,1H3,(H,57,66,67)/t41-,44-/m0/s1. The Morgan fingerprint density at radius 2 is 1.63 bits per heavy atom. The van der Waals surface area contributed by atoms with Gasteiger partial charge in [0.1, 0.15) is 18.2 Å². The molecule has 5 aliphatic rings. The molecular formula is C52H55F3N10O6. The first-order valence-corrected chi connectivity index (χ1v) is 24.3. The first-order chi connectivity index (χ1) is 34.3. The number of rotatable bonds is 13. The SMILES string of the molecule is Cn1cnnc1CC1(c2cccc(-n3cc4c(C(F)(F)F)cc(CN5CCC[C@H](OCc6ccc(CN7CCN(c8ccc9c(c8)CN([C@H]8CCC(=O)NC8=O)C9=O)CC7)cc6)C5)cn4c3=O)c2)COC1. The number of hydrogen-bond acceptors (Lipinski definition) is 11. The number of imidazole rings is 1. The highest BCUT2D eigenvalue weighted by atomic mass is 19.4. The molecule has 6 aromatic rings. The first-order valence-electron chi connectivity index (χ1n) is 24.3. The summed E-state index contributed by atoms with van der Waals surface area (Å²) in [5.41, 5.74) is 4.51. The zero-order chi connectivity index (χ0) is 49.0. The second kappa shape index (κ2) is 18.8. The van der Waals surface area contributed by atoms with Crippen LogP contribution in [0.1, 0.15) is 75.2 Å². The molecule has 4 fully saturated rings. The van der Waals surface area contributed by atoms with Gasteiger partial charge in [-0.25, -0.2) is 4.79 Å². The van der Waals surface area contributed by atoms with Crippen LogP contribution in [0.3, 0.4) is 0 Å². The van der Waals surface area contributed by atoms with Crippen LogP contribution in [0.2, 0.25) is 0 Å². The molecular weight excluding hydrogens is 918 g/mol. The van der Waals surface area contributed by atoms with Crippen molar-refractivity contribution in [2.75, 3.05) is 57.4 Å². The maximum absolute atomic E-state index is 14.7.